The molecule has 3 heteroatoms. The van der Waals surface area contributed by atoms with E-state index in [2.05, 4.69) is 20.8 Å². The van der Waals surface area contributed by atoms with Crippen LogP contribution in [0.2, 0.25) is 0 Å². The standard InChI is InChI=1S/C14H26O3/c1-10(2)9-12(4)17-14(13(15)16)7-5-11(3)6-8-14/h10-12H,5-9H2,1-4H3,(H,15,16). The Morgan fingerprint density at radius 2 is 1.88 bits per heavy atom. The summed E-state index contributed by atoms with van der Waals surface area (Å²) >= 11 is 0. The first kappa shape index (κ1) is 14.5. The summed E-state index contributed by atoms with van der Waals surface area (Å²) < 4.78 is 5.90. The van der Waals surface area contributed by atoms with Crippen molar-refractivity contribution < 1.29 is 14.6 Å². The SMILES string of the molecule is CC(C)CC(C)OC1(C(=O)O)CCC(C)CC1. The second kappa shape index (κ2) is 5.85. The molecule has 0 bridgehead atoms. The molecule has 1 fully saturated rings. The Morgan fingerprint density at radius 3 is 2.29 bits per heavy atom. The normalized spacial score (nSPS) is 31.5. The molecule has 0 aliphatic heterocycles. The van der Waals surface area contributed by atoms with Gasteiger partial charge in [-0.05, 0) is 50.9 Å². The fraction of sp³-hybridized carbons (Fsp3) is 0.929. The van der Waals surface area contributed by atoms with Gasteiger partial charge in [-0.3, -0.25) is 0 Å². The number of carboxylic acid groups (broad SMARTS) is 1. The van der Waals surface area contributed by atoms with Crippen molar-refractivity contribution in [3.8, 4) is 0 Å². The van der Waals surface area contributed by atoms with Crippen molar-refractivity contribution in [1.29, 1.82) is 0 Å². The zero-order chi connectivity index (χ0) is 13.1. The first-order valence-electron chi connectivity index (χ1n) is 6.77. The molecule has 0 aromatic carbocycles. The number of aliphatic carboxylic acids is 1. The van der Waals surface area contributed by atoms with Gasteiger partial charge in [0, 0.05) is 0 Å². The third-order valence-corrected chi connectivity index (χ3v) is 3.70. The summed E-state index contributed by atoms with van der Waals surface area (Å²) in [6.07, 6.45) is 4.18. The Morgan fingerprint density at radius 1 is 1.35 bits per heavy atom. The molecule has 3 nitrogen and oxygen atoms in total. The van der Waals surface area contributed by atoms with E-state index < -0.39 is 11.6 Å². The van der Waals surface area contributed by atoms with E-state index in [1.54, 1.807) is 0 Å². The molecule has 1 N–H and O–H groups in total. The van der Waals surface area contributed by atoms with Gasteiger partial charge in [-0.2, -0.15) is 0 Å². The molecule has 0 radical (unpaired) electrons. The molecule has 1 aliphatic rings. The van der Waals surface area contributed by atoms with E-state index in [0.717, 1.165) is 19.3 Å². The lowest BCUT2D eigenvalue weighted by Crippen LogP contribution is -2.46. The van der Waals surface area contributed by atoms with E-state index >= 15 is 0 Å². The molecule has 100 valence electrons. The zero-order valence-electron chi connectivity index (χ0n) is 11.5. The monoisotopic (exact) mass is 242 g/mol. The lowest BCUT2D eigenvalue weighted by atomic mass is 9.79. The summed E-state index contributed by atoms with van der Waals surface area (Å²) in [5, 5.41) is 9.43. The van der Waals surface area contributed by atoms with Crippen LogP contribution in [0.3, 0.4) is 0 Å². The third-order valence-electron chi connectivity index (χ3n) is 3.70. The molecule has 1 atom stereocenters. The highest BCUT2D eigenvalue weighted by Gasteiger charge is 2.43. The van der Waals surface area contributed by atoms with Crippen LogP contribution in [0.5, 0.6) is 0 Å². The summed E-state index contributed by atoms with van der Waals surface area (Å²) in [6.45, 7) is 8.44. The van der Waals surface area contributed by atoms with Gasteiger partial charge in [-0.15, -0.1) is 0 Å². The maximum Gasteiger partial charge on any atom is 0.335 e. The van der Waals surface area contributed by atoms with Crippen LogP contribution in [0.15, 0.2) is 0 Å². The maximum atomic E-state index is 11.5. The van der Waals surface area contributed by atoms with Crippen molar-refractivity contribution in [2.24, 2.45) is 11.8 Å². The smallest absolute Gasteiger partial charge is 0.335 e. The van der Waals surface area contributed by atoms with Crippen LogP contribution >= 0.6 is 0 Å². The second-order valence-corrected chi connectivity index (χ2v) is 6.04. The van der Waals surface area contributed by atoms with Crippen LogP contribution in [-0.2, 0) is 9.53 Å². The number of hydrogen-bond donors (Lipinski definition) is 1. The van der Waals surface area contributed by atoms with E-state index in [9.17, 15) is 9.90 Å². The lowest BCUT2D eigenvalue weighted by molar-refractivity contribution is -0.181. The minimum Gasteiger partial charge on any atom is -0.479 e. The van der Waals surface area contributed by atoms with Gasteiger partial charge >= 0.3 is 5.97 Å². The van der Waals surface area contributed by atoms with Gasteiger partial charge in [-0.25, -0.2) is 4.79 Å². The molecule has 17 heavy (non-hydrogen) atoms. The maximum absolute atomic E-state index is 11.5. The molecule has 0 aromatic heterocycles. The van der Waals surface area contributed by atoms with Gasteiger partial charge in [0.2, 0.25) is 0 Å². The Balaban J connectivity index is 2.63. The van der Waals surface area contributed by atoms with Crippen molar-refractivity contribution in [3.05, 3.63) is 0 Å². The largest absolute Gasteiger partial charge is 0.479 e. The van der Waals surface area contributed by atoms with Crippen molar-refractivity contribution in [2.45, 2.75) is 71.5 Å². The number of rotatable bonds is 5. The van der Waals surface area contributed by atoms with E-state index in [1.807, 2.05) is 6.92 Å². The van der Waals surface area contributed by atoms with E-state index in [-0.39, 0.29) is 6.10 Å². The summed E-state index contributed by atoms with van der Waals surface area (Å²) in [6, 6.07) is 0. The highest BCUT2D eigenvalue weighted by atomic mass is 16.5. The first-order valence-corrected chi connectivity index (χ1v) is 6.77. The fourth-order valence-electron chi connectivity index (χ4n) is 2.71. The molecule has 0 amide bonds. The van der Waals surface area contributed by atoms with Crippen LogP contribution in [0.1, 0.15) is 59.8 Å². The van der Waals surface area contributed by atoms with E-state index in [1.165, 1.54) is 0 Å². The van der Waals surface area contributed by atoms with Crippen molar-refractivity contribution >= 4 is 5.97 Å². The quantitative estimate of drug-likeness (QED) is 0.803. The van der Waals surface area contributed by atoms with Gasteiger partial charge in [0.15, 0.2) is 5.60 Å². The van der Waals surface area contributed by atoms with Crippen LogP contribution in [0.25, 0.3) is 0 Å². The zero-order valence-corrected chi connectivity index (χ0v) is 11.5. The van der Waals surface area contributed by atoms with Crippen LogP contribution in [-0.4, -0.2) is 22.8 Å². The molecule has 0 spiro atoms. The topological polar surface area (TPSA) is 46.5 Å². The Hall–Kier alpha value is -0.570. The first-order chi connectivity index (χ1) is 7.85. The molecule has 0 saturated heterocycles. The summed E-state index contributed by atoms with van der Waals surface area (Å²) in [5.41, 5.74) is -0.916. The summed E-state index contributed by atoms with van der Waals surface area (Å²) in [7, 11) is 0. The molecule has 0 heterocycles. The van der Waals surface area contributed by atoms with Crippen LogP contribution < -0.4 is 0 Å². The van der Waals surface area contributed by atoms with Gasteiger partial charge in [0.1, 0.15) is 0 Å². The number of carbonyl (C=O) groups is 1. The van der Waals surface area contributed by atoms with Crippen molar-refractivity contribution in [2.75, 3.05) is 0 Å². The second-order valence-electron chi connectivity index (χ2n) is 6.04. The Labute approximate surface area is 105 Å². The average molecular weight is 242 g/mol. The van der Waals surface area contributed by atoms with Crippen molar-refractivity contribution in [3.63, 3.8) is 0 Å². The average Bonchev–Trinajstić information content (AvgIpc) is 2.20. The van der Waals surface area contributed by atoms with E-state index in [4.69, 9.17) is 4.74 Å². The molecule has 1 unspecified atom stereocenters. The highest BCUT2D eigenvalue weighted by Crippen LogP contribution is 2.36. The number of ether oxygens (including phenoxy) is 1. The van der Waals surface area contributed by atoms with Crippen LogP contribution in [0.4, 0.5) is 0 Å². The highest BCUT2D eigenvalue weighted by molar-refractivity contribution is 5.77. The fourth-order valence-corrected chi connectivity index (χ4v) is 2.71. The molecule has 1 saturated carbocycles. The molecular formula is C14H26O3. The summed E-state index contributed by atoms with van der Waals surface area (Å²) in [5.74, 6) is 0.393. The van der Waals surface area contributed by atoms with Crippen LogP contribution in [0, 0.1) is 11.8 Å². The molecule has 1 rings (SSSR count). The third kappa shape index (κ3) is 3.98. The Kier molecular flexibility index (Phi) is 4.99. The molecular weight excluding hydrogens is 216 g/mol. The van der Waals surface area contributed by atoms with Gasteiger partial charge in [0.05, 0.1) is 6.10 Å². The molecule has 1 aliphatic carbocycles. The minimum atomic E-state index is -0.916. The van der Waals surface area contributed by atoms with Gasteiger partial charge in [0.25, 0.3) is 0 Å². The predicted octanol–water partition coefficient (Wildman–Crippen LogP) is 3.47. The number of hydrogen-bond acceptors (Lipinski definition) is 2. The Bertz CT molecular complexity index is 252. The predicted molar refractivity (Wildman–Crippen MR) is 68.0 cm³/mol. The van der Waals surface area contributed by atoms with Gasteiger partial charge < -0.3 is 9.84 Å². The number of carboxylic acids is 1. The van der Waals surface area contributed by atoms with Gasteiger partial charge in [-0.1, -0.05) is 20.8 Å². The minimum absolute atomic E-state index is 0.0273. The molecule has 0 aromatic rings. The lowest BCUT2D eigenvalue weighted by Gasteiger charge is -2.38. The van der Waals surface area contributed by atoms with E-state index in [0.29, 0.717) is 24.7 Å². The summed E-state index contributed by atoms with van der Waals surface area (Å²) in [4.78, 5) is 11.5. The van der Waals surface area contributed by atoms with Crippen molar-refractivity contribution in [1.82, 2.24) is 0 Å².